The van der Waals surface area contributed by atoms with Gasteiger partial charge < -0.3 is 13.7 Å². The first kappa shape index (κ1) is 15.5. The number of rotatable bonds is 4. The van der Waals surface area contributed by atoms with Crippen molar-refractivity contribution in [3.05, 3.63) is 60.7 Å². The Bertz CT molecular complexity index is 995. The SMILES string of the molecule is c1ccc2oc(CCN3CCN(c4nccc5occc45)CC3)cc2c1. The van der Waals surface area contributed by atoms with Crippen molar-refractivity contribution in [2.45, 2.75) is 6.42 Å². The van der Waals surface area contributed by atoms with Crippen molar-refractivity contribution in [3.63, 3.8) is 0 Å². The quantitative estimate of drug-likeness (QED) is 0.559. The molecule has 1 aliphatic heterocycles. The van der Waals surface area contributed by atoms with E-state index < -0.39 is 0 Å². The summed E-state index contributed by atoms with van der Waals surface area (Å²) in [6.45, 7) is 5.07. The van der Waals surface area contributed by atoms with Crippen LogP contribution in [-0.2, 0) is 6.42 Å². The fourth-order valence-electron chi connectivity index (χ4n) is 3.74. The second-order valence-electron chi connectivity index (χ2n) is 6.80. The molecule has 5 rings (SSSR count). The zero-order valence-corrected chi connectivity index (χ0v) is 14.6. The fraction of sp³-hybridized carbons (Fsp3) is 0.286. The Hall–Kier alpha value is -2.79. The molecule has 5 nitrogen and oxygen atoms in total. The topological polar surface area (TPSA) is 45.7 Å². The van der Waals surface area contributed by atoms with E-state index in [1.807, 2.05) is 30.5 Å². The number of furan rings is 2. The van der Waals surface area contributed by atoms with Crippen LogP contribution in [0, 0.1) is 0 Å². The first-order valence-corrected chi connectivity index (χ1v) is 9.14. The molecular weight excluding hydrogens is 326 g/mol. The van der Waals surface area contributed by atoms with Crippen molar-refractivity contribution in [3.8, 4) is 0 Å². The number of benzene rings is 1. The van der Waals surface area contributed by atoms with Crippen LogP contribution in [0.15, 0.2) is 63.8 Å². The van der Waals surface area contributed by atoms with Gasteiger partial charge in [-0.05, 0) is 24.3 Å². The summed E-state index contributed by atoms with van der Waals surface area (Å²) in [5.41, 5.74) is 1.88. The van der Waals surface area contributed by atoms with Gasteiger partial charge in [0.1, 0.15) is 22.7 Å². The Kier molecular flexibility index (Phi) is 3.87. The molecule has 1 aromatic carbocycles. The van der Waals surface area contributed by atoms with Crippen LogP contribution < -0.4 is 4.90 Å². The third kappa shape index (κ3) is 2.84. The fourth-order valence-corrected chi connectivity index (χ4v) is 3.74. The summed E-state index contributed by atoms with van der Waals surface area (Å²) in [7, 11) is 0. The summed E-state index contributed by atoms with van der Waals surface area (Å²) in [5.74, 6) is 2.10. The van der Waals surface area contributed by atoms with Gasteiger partial charge in [-0.3, -0.25) is 4.90 Å². The van der Waals surface area contributed by atoms with Gasteiger partial charge in [-0.1, -0.05) is 18.2 Å². The van der Waals surface area contributed by atoms with E-state index in [1.165, 1.54) is 5.39 Å². The van der Waals surface area contributed by atoms with Crippen LogP contribution >= 0.6 is 0 Å². The normalized spacial score (nSPS) is 15.9. The predicted molar refractivity (Wildman–Crippen MR) is 103 cm³/mol. The highest BCUT2D eigenvalue weighted by Crippen LogP contribution is 2.26. The van der Waals surface area contributed by atoms with Gasteiger partial charge in [0, 0.05) is 50.7 Å². The van der Waals surface area contributed by atoms with E-state index in [0.29, 0.717) is 0 Å². The Balaban J connectivity index is 1.21. The highest BCUT2D eigenvalue weighted by Gasteiger charge is 2.20. The largest absolute Gasteiger partial charge is 0.464 e. The molecule has 0 aliphatic carbocycles. The van der Waals surface area contributed by atoms with Gasteiger partial charge in [0.05, 0.1) is 11.6 Å². The van der Waals surface area contributed by atoms with Crippen LogP contribution in [0.25, 0.3) is 21.9 Å². The van der Waals surface area contributed by atoms with E-state index in [-0.39, 0.29) is 0 Å². The van der Waals surface area contributed by atoms with E-state index >= 15 is 0 Å². The molecule has 0 amide bonds. The maximum absolute atomic E-state index is 5.93. The Morgan fingerprint density at radius 3 is 2.73 bits per heavy atom. The summed E-state index contributed by atoms with van der Waals surface area (Å²) in [5, 5.41) is 2.29. The van der Waals surface area contributed by atoms with Crippen LogP contribution in [0.4, 0.5) is 5.82 Å². The van der Waals surface area contributed by atoms with Crippen LogP contribution in [0.5, 0.6) is 0 Å². The molecule has 0 unspecified atom stereocenters. The minimum atomic E-state index is 0.905. The van der Waals surface area contributed by atoms with Gasteiger partial charge >= 0.3 is 0 Å². The lowest BCUT2D eigenvalue weighted by atomic mass is 10.2. The first-order valence-electron chi connectivity index (χ1n) is 9.14. The van der Waals surface area contributed by atoms with Crippen molar-refractivity contribution >= 4 is 27.8 Å². The zero-order chi connectivity index (χ0) is 17.3. The zero-order valence-electron chi connectivity index (χ0n) is 14.6. The Labute approximate surface area is 151 Å². The van der Waals surface area contributed by atoms with E-state index in [0.717, 1.165) is 67.3 Å². The average molecular weight is 347 g/mol. The van der Waals surface area contributed by atoms with Crippen LogP contribution in [-0.4, -0.2) is 42.6 Å². The Morgan fingerprint density at radius 2 is 1.85 bits per heavy atom. The van der Waals surface area contributed by atoms with Crippen molar-refractivity contribution < 1.29 is 8.83 Å². The van der Waals surface area contributed by atoms with Gasteiger partial charge in [0.2, 0.25) is 0 Å². The van der Waals surface area contributed by atoms with Gasteiger partial charge in [0.25, 0.3) is 0 Å². The number of hydrogen-bond donors (Lipinski definition) is 0. The summed E-state index contributed by atoms with van der Waals surface area (Å²) in [6, 6.07) is 14.3. The molecule has 26 heavy (non-hydrogen) atoms. The summed E-state index contributed by atoms with van der Waals surface area (Å²) >= 11 is 0. The third-order valence-corrected chi connectivity index (χ3v) is 5.18. The molecule has 1 fully saturated rings. The molecule has 0 bridgehead atoms. The lowest BCUT2D eigenvalue weighted by Crippen LogP contribution is -2.47. The number of anilines is 1. The predicted octanol–water partition coefficient (Wildman–Crippen LogP) is 3.94. The van der Waals surface area contributed by atoms with E-state index in [4.69, 9.17) is 8.83 Å². The Morgan fingerprint density at radius 1 is 0.962 bits per heavy atom. The highest BCUT2D eigenvalue weighted by atomic mass is 16.3. The number of para-hydroxylation sites is 1. The minimum Gasteiger partial charge on any atom is -0.464 e. The van der Waals surface area contributed by atoms with Crippen LogP contribution in [0.3, 0.4) is 0 Å². The third-order valence-electron chi connectivity index (χ3n) is 5.18. The molecule has 0 spiro atoms. The molecule has 0 atom stereocenters. The number of pyridine rings is 1. The van der Waals surface area contributed by atoms with Gasteiger partial charge in [0.15, 0.2) is 0 Å². The van der Waals surface area contributed by atoms with E-state index in [9.17, 15) is 0 Å². The molecule has 3 aromatic heterocycles. The molecule has 1 aliphatic rings. The molecule has 4 aromatic rings. The van der Waals surface area contributed by atoms with Gasteiger partial charge in [-0.25, -0.2) is 4.98 Å². The molecular formula is C21H21N3O2. The molecule has 1 saturated heterocycles. The average Bonchev–Trinajstić information content (AvgIpc) is 3.33. The van der Waals surface area contributed by atoms with Crippen LogP contribution in [0.2, 0.25) is 0 Å². The second kappa shape index (κ2) is 6.50. The maximum Gasteiger partial charge on any atom is 0.139 e. The van der Waals surface area contributed by atoms with Crippen LogP contribution in [0.1, 0.15) is 5.76 Å². The highest BCUT2D eigenvalue weighted by molar-refractivity contribution is 5.88. The number of hydrogen-bond acceptors (Lipinski definition) is 5. The smallest absolute Gasteiger partial charge is 0.139 e. The van der Waals surface area contributed by atoms with E-state index in [1.54, 1.807) is 6.26 Å². The summed E-state index contributed by atoms with van der Waals surface area (Å²) < 4.78 is 11.4. The lowest BCUT2D eigenvalue weighted by Gasteiger charge is -2.35. The van der Waals surface area contributed by atoms with Crippen molar-refractivity contribution in [2.75, 3.05) is 37.6 Å². The van der Waals surface area contributed by atoms with Gasteiger partial charge in [-0.15, -0.1) is 0 Å². The first-order chi connectivity index (χ1) is 12.9. The van der Waals surface area contributed by atoms with Crippen molar-refractivity contribution in [2.24, 2.45) is 0 Å². The maximum atomic E-state index is 5.93. The molecule has 0 N–H and O–H groups in total. The molecule has 132 valence electrons. The number of fused-ring (bicyclic) bond motifs is 2. The summed E-state index contributed by atoms with van der Waals surface area (Å²) in [4.78, 5) is 9.43. The van der Waals surface area contributed by atoms with E-state index in [2.05, 4.69) is 33.0 Å². The van der Waals surface area contributed by atoms with Crippen molar-refractivity contribution in [1.29, 1.82) is 0 Å². The van der Waals surface area contributed by atoms with Gasteiger partial charge in [-0.2, -0.15) is 0 Å². The molecule has 4 heterocycles. The molecule has 0 saturated carbocycles. The number of aromatic nitrogens is 1. The minimum absolute atomic E-state index is 0.905. The lowest BCUT2D eigenvalue weighted by molar-refractivity contribution is 0.255. The van der Waals surface area contributed by atoms with Crippen molar-refractivity contribution in [1.82, 2.24) is 9.88 Å². The molecule has 5 heteroatoms. The monoisotopic (exact) mass is 347 g/mol. The number of nitrogens with zero attached hydrogens (tertiary/aromatic N) is 3. The molecule has 0 radical (unpaired) electrons. The standard InChI is InChI=1S/C21H21N3O2/c1-2-4-19-16(3-1)15-17(26-19)6-9-23-10-12-24(13-11-23)21-18-7-14-25-20(18)5-8-22-21/h1-5,7-8,14-15H,6,9-13H2. The summed E-state index contributed by atoms with van der Waals surface area (Å²) in [6.07, 6.45) is 4.51. The second-order valence-corrected chi connectivity index (χ2v) is 6.80. The number of piperazine rings is 1.